The Hall–Kier alpha value is -2.94. The molecule has 2 aromatic rings. The quantitative estimate of drug-likeness (QED) is 0.757. The highest BCUT2D eigenvalue weighted by molar-refractivity contribution is 7.90. The van der Waals surface area contributed by atoms with Crippen molar-refractivity contribution in [2.24, 2.45) is 4.99 Å². The van der Waals surface area contributed by atoms with Crippen molar-refractivity contribution in [2.75, 3.05) is 20.2 Å². The molecule has 1 amide bonds. The Labute approximate surface area is 145 Å². The Bertz CT molecular complexity index is 923. The van der Waals surface area contributed by atoms with E-state index in [2.05, 4.69) is 20.0 Å². The normalized spacial score (nSPS) is 16.1. The molecular formula is C16H16N4O4S. The van der Waals surface area contributed by atoms with Crippen LogP contribution < -0.4 is 14.8 Å². The van der Waals surface area contributed by atoms with Crippen LogP contribution in [0.2, 0.25) is 0 Å². The number of rotatable bonds is 5. The molecule has 0 spiro atoms. The molecule has 130 valence electrons. The Kier molecular flexibility index (Phi) is 4.66. The molecule has 1 aromatic heterocycles. The van der Waals surface area contributed by atoms with Gasteiger partial charge in [-0.15, -0.1) is 0 Å². The number of hydrogen-bond acceptors (Lipinski definition) is 6. The summed E-state index contributed by atoms with van der Waals surface area (Å²) in [6.07, 6.45) is 1.42. The first-order valence-corrected chi connectivity index (χ1v) is 8.94. The SMILES string of the molecule is COc1ccc(C(=O)NCCN=C2NS(=O)(=O)c3ccccc32)cn1. The first-order valence-electron chi connectivity index (χ1n) is 7.46. The number of ether oxygens (including phenoxy) is 1. The predicted octanol–water partition coefficient (Wildman–Crippen LogP) is 0.559. The second kappa shape index (κ2) is 6.89. The highest BCUT2D eigenvalue weighted by atomic mass is 32.2. The van der Waals surface area contributed by atoms with E-state index in [9.17, 15) is 13.2 Å². The molecule has 0 aliphatic carbocycles. The number of methoxy groups -OCH3 is 1. The number of aromatic nitrogens is 1. The second-order valence-corrected chi connectivity index (χ2v) is 6.83. The summed E-state index contributed by atoms with van der Waals surface area (Å²) in [6.45, 7) is 0.500. The largest absolute Gasteiger partial charge is 0.481 e. The number of aliphatic imine (C=N–C) groups is 1. The van der Waals surface area contributed by atoms with E-state index in [1.165, 1.54) is 19.4 Å². The van der Waals surface area contributed by atoms with Crippen LogP contribution in [-0.2, 0) is 10.0 Å². The summed E-state index contributed by atoms with van der Waals surface area (Å²) in [5.74, 6) is 0.425. The van der Waals surface area contributed by atoms with Gasteiger partial charge in [0.05, 0.1) is 24.1 Å². The molecule has 2 heterocycles. The first kappa shape index (κ1) is 16.9. The summed E-state index contributed by atoms with van der Waals surface area (Å²) in [5.41, 5.74) is 0.938. The van der Waals surface area contributed by atoms with Crippen LogP contribution in [-0.4, -0.2) is 45.3 Å². The topological polar surface area (TPSA) is 110 Å². The van der Waals surface area contributed by atoms with E-state index in [1.807, 2.05) is 0 Å². The number of amides is 1. The molecule has 1 aliphatic rings. The van der Waals surface area contributed by atoms with Crippen molar-refractivity contribution in [3.63, 3.8) is 0 Å². The van der Waals surface area contributed by atoms with Crippen LogP contribution in [0.25, 0.3) is 0 Å². The van der Waals surface area contributed by atoms with Crippen molar-refractivity contribution in [3.8, 4) is 5.88 Å². The third-order valence-electron chi connectivity index (χ3n) is 3.54. The van der Waals surface area contributed by atoms with Crippen LogP contribution in [0, 0.1) is 0 Å². The summed E-state index contributed by atoms with van der Waals surface area (Å²) in [5, 5.41) is 2.70. The number of hydrogen-bond donors (Lipinski definition) is 2. The Morgan fingerprint density at radius 1 is 1.28 bits per heavy atom. The van der Waals surface area contributed by atoms with E-state index in [0.29, 0.717) is 17.0 Å². The number of carbonyl (C=O) groups excluding carboxylic acids is 1. The van der Waals surface area contributed by atoms with Gasteiger partial charge in [-0.3, -0.25) is 14.5 Å². The minimum Gasteiger partial charge on any atom is -0.481 e. The van der Waals surface area contributed by atoms with Crippen molar-refractivity contribution in [3.05, 3.63) is 53.7 Å². The lowest BCUT2D eigenvalue weighted by atomic mass is 10.2. The van der Waals surface area contributed by atoms with Gasteiger partial charge < -0.3 is 10.1 Å². The highest BCUT2D eigenvalue weighted by Crippen LogP contribution is 2.21. The maximum Gasteiger partial charge on any atom is 0.263 e. The fourth-order valence-electron chi connectivity index (χ4n) is 2.33. The average Bonchev–Trinajstić information content (AvgIpc) is 2.89. The minimum atomic E-state index is -3.55. The lowest BCUT2D eigenvalue weighted by Gasteiger charge is -2.04. The van der Waals surface area contributed by atoms with Crippen molar-refractivity contribution < 1.29 is 17.9 Å². The molecule has 1 aliphatic heterocycles. The molecule has 0 saturated carbocycles. The number of sulfonamides is 1. The van der Waals surface area contributed by atoms with Crippen molar-refractivity contribution in [1.82, 2.24) is 15.0 Å². The van der Waals surface area contributed by atoms with Gasteiger partial charge in [0, 0.05) is 24.4 Å². The van der Waals surface area contributed by atoms with E-state index in [4.69, 9.17) is 4.74 Å². The van der Waals surface area contributed by atoms with Gasteiger partial charge in [-0.2, -0.15) is 0 Å². The van der Waals surface area contributed by atoms with E-state index < -0.39 is 10.0 Å². The summed E-state index contributed by atoms with van der Waals surface area (Å²) < 4.78 is 31.3. The molecule has 8 nitrogen and oxygen atoms in total. The summed E-state index contributed by atoms with van der Waals surface area (Å²) in [6, 6.07) is 9.82. The highest BCUT2D eigenvalue weighted by Gasteiger charge is 2.29. The molecule has 0 saturated heterocycles. The molecule has 9 heteroatoms. The van der Waals surface area contributed by atoms with Crippen LogP contribution in [0.1, 0.15) is 15.9 Å². The zero-order valence-corrected chi connectivity index (χ0v) is 14.2. The van der Waals surface area contributed by atoms with Crippen molar-refractivity contribution in [1.29, 1.82) is 0 Å². The van der Waals surface area contributed by atoms with Crippen molar-refractivity contribution >= 4 is 21.8 Å². The molecular weight excluding hydrogens is 344 g/mol. The maximum atomic E-state index is 12.0. The number of nitrogens with one attached hydrogen (secondary N) is 2. The maximum absolute atomic E-state index is 12.0. The van der Waals surface area contributed by atoms with E-state index in [1.54, 1.807) is 30.3 Å². The van der Waals surface area contributed by atoms with E-state index in [0.717, 1.165) is 0 Å². The smallest absolute Gasteiger partial charge is 0.263 e. The van der Waals surface area contributed by atoms with Crippen LogP contribution in [0.5, 0.6) is 5.88 Å². The van der Waals surface area contributed by atoms with Crippen LogP contribution in [0.3, 0.4) is 0 Å². The fourth-order valence-corrected chi connectivity index (χ4v) is 3.58. The molecule has 2 N–H and O–H groups in total. The Balaban J connectivity index is 1.60. The van der Waals surface area contributed by atoms with Gasteiger partial charge in [-0.05, 0) is 18.2 Å². The monoisotopic (exact) mass is 360 g/mol. The van der Waals surface area contributed by atoms with Crippen LogP contribution in [0.4, 0.5) is 0 Å². The average molecular weight is 360 g/mol. The number of fused-ring (bicyclic) bond motifs is 1. The number of nitrogens with zero attached hydrogens (tertiary/aromatic N) is 2. The molecule has 0 fully saturated rings. The third-order valence-corrected chi connectivity index (χ3v) is 4.93. The van der Waals surface area contributed by atoms with Crippen molar-refractivity contribution in [2.45, 2.75) is 4.90 Å². The molecule has 25 heavy (non-hydrogen) atoms. The zero-order valence-electron chi connectivity index (χ0n) is 13.4. The molecule has 0 unspecified atom stereocenters. The van der Waals surface area contributed by atoms with Gasteiger partial charge in [0.15, 0.2) is 0 Å². The first-order chi connectivity index (χ1) is 12.0. The van der Waals surface area contributed by atoms with Crippen LogP contribution in [0.15, 0.2) is 52.5 Å². The van der Waals surface area contributed by atoms with E-state index in [-0.39, 0.29) is 29.7 Å². The number of pyridine rings is 1. The molecule has 3 rings (SSSR count). The summed E-state index contributed by atoms with van der Waals surface area (Å²) >= 11 is 0. The van der Waals surface area contributed by atoms with Gasteiger partial charge in [0.2, 0.25) is 5.88 Å². The van der Waals surface area contributed by atoms with Gasteiger partial charge in [-0.25, -0.2) is 13.4 Å². The van der Waals surface area contributed by atoms with Gasteiger partial charge >= 0.3 is 0 Å². The van der Waals surface area contributed by atoms with Crippen LogP contribution >= 0.6 is 0 Å². The Morgan fingerprint density at radius 2 is 2.08 bits per heavy atom. The van der Waals surface area contributed by atoms with Gasteiger partial charge in [0.1, 0.15) is 5.84 Å². The summed E-state index contributed by atoms with van der Waals surface area (Å²) in [4.78, 5) is 20.4. The number of benzene rings is 1. The lowest BCUT2D eigenvalue weighted by molar-refractivity contribution is 0.0954. The molecule has 0 radical (unpaired) electrons. The van der Waals surface area contributed by atoms with Gasteiger partial charge in [0.25, 0.3) is 15.9 Å². The third kappa shape index (κ3) is 3.61. The van der Waals surface area contributed by atoms with E-state index >= 15 is 0 Å². The minimum absolute atomic E-state index is 0.210. The second-order valence-electron chi connectivity index (χ2n) is 5.18. The Morgan fingerprint density at radius 3 is 2.80 bits per heavy atom. The number of carbonyl (C=O) groups is 1. The molecule has 1 aromatic carbocycles. The van der Waals surface area contributed by atoms with Gasteiger partial charge in [-0.1, -0.05) is 12.1 Å². The summed E-state index contributed by atoms with van der Waals surface area (Å²) in [7, 11) is -2.05. The lowest BCUT2D eigenvalue weighted by Crippen LogP contribution is -2.28. The molecule has 0 bridgehead atoms. The predicted molar refractivity (Wildman–Crippen MR) is 91.3 cm³/mol. The zero-order chi connectivity index (χ0) is 17.9. The number of amidine groups is 1. The molecule has 0 atom stereocenters. The fraction of sp³-hybridized carbons (Fsp3) is 0.188. The standard InChI is InChI=1S/C16H16N4O4S/c1-24-14-7-6-11(10-19-14)16(21)18-9-8-17-15-12-4-2-3-5-13(12)25(22,23)20-15/h2-7,10H,8-9H2,1H3,(H,17,20)(H,18,21).